The highest BCUT2D eigenvalue weighted by Gasteiger charge is 2.15. The Hall–Kier alpha value is -2.67. The summed E-state index contributed by atoms with van der Waals surface area (Å²) in [6.45, 7) is 4.19. The molecule has 0 amide bonds. The van der Waals surface area contributed by atoms with Gasteiger partial charge in [0.05, 0.1) is 6.61 Å². The Balaban J connectivity index is 2.38. The number of ether oxygens (including phenoxy) is 3. The molecular weight excluding hydrogens is 677 g/mol. The molecule has 0 heterocycles. The van der Waals surface area contributed by atoms with Crippen molar-refractivity contribution in [1.29, 1.82) is 0 Å². The third-order valence-corrected chi connectivity index (χ3v) is 10.1. The fraction of sp³-hybridized carbons (Fsp3) is 0.766. The highest BCUT2D eigenvalue weighted by atomic mass is 16.6. The summed E-state index contributed by atoms with van der Waals surface area (Å²) in [6, 6.07) is 4.88. The Morgan fingerprint density at radius 2 is 0.852 bits per heavy atom. The smallest absolute Gasteiger partial charge is 0.330 e. The lowest BCUT2D eigenvalue weighted by Crippen LogP contribution is -2.12. The number of hydrogen-bond acceptors (Lipinski definition) is 7. The molecule has 1 aromatic carbocycles. The van der Waals surface area contributed by atoms with E-state index in [2.05, 4.69) is 13.8 Å². The molecule has 1 N–H and O–H groups in total. The first-order chi connectivity index (χ1) is 26.5. The molecule has 1 rings (SSSR count). The van der Waals surface area contributed by atoms with E-state index >= 15 is 0 Å². The molecule has 0 fully saturated rings. The lowest BCUT2D eigenvalue weighted by atomic mass is 10.0. The Morgan fingerprint density at radius 3 is 1.22 bits per heavy atom. The SMILES string of the molecule is CCCCCCCCCCCCCCCCCC(=O)Oc1ccc(C=CC(=O)OCCO)cc1OC(=O)CCCCCCCCCCCCCCCCC. The Morgan fingerprint density at radius 1 is 0.500 bits per heavy atom. The maximum atomic E-state index is 12.8. The zero-order valence-electron chi connectivity index (χ0n) is 34.8. The maximum absolute atomic E-state index is 12.8. The molecule has 310 valence electrons. The van der Waals surface area contributed by atoms with E-state index in [0.29, 0.717) is 18.4 Å². The van der Waals surface area contributed by atoms with Gasteiger partial charge >= 0.3 is 17.9 Å². The van der Waals surface area contributed by atoms with E-state index in [-0.39, 0.29) is 36.7 Å². The molecule has 0 bridgehead atoms. The third-order valence-electron chi connectivity index (χ3n) is 10.1. The van der Waals surface area contributed by atoms with E-state index in [1.807, 2.05) is 0 Å². The monoisotopic (exact) mass is 757 g/mol. The molecule has 54 heavy (non-hydrogen) atoms. The van der Waals surface area contributed by atoms with Gasteiger partial charge in [-0.1, -0.05) is 200 Å². The number of aliphatic hydroxyl groups is 1. The van der Waals surface area contributed by atoms with Gasteiger partial charge in [0.1, 0.15) is 6.61 Å². The summed E-state index contributed by atoms with van der Waals surface area (Å²) in [7, 11) is 0. The van der Waals surface area contributed by atoms with Gasteiger partial charge in [0.25, 0.3) is 0 Å². The number of unbranched alkanes of at least 4 members (excludes halogenated alkanes) is 28. The van der Waals surface area contributed by atoms with Crippen LogP contribution >= 0.6 is 0 Å². The summed E-state index contributed by atoms with van der Waals surface area (Å²) in [5.41, 5.74) is 0.591. The highest BCUT2D eigenvalue weighted by molar-refractivity contribution is 5.87. The van der Waals surface area contributed by atoms with Crippen LogP contribution in [0.3, 0.4) is 0 Å². The van der Waals surface area contributed by atoms with E-state index in [9.17, 15) is 14.4 Å². The average Bonchev–Trinajstić information content (AvgIpc) is 3.17. The zero-order chi connectivity index (χ0) is 39.2. The van der Waals surface area contributed by atoms with Gasteiger partial charge < -0.3 is 19.3 Å². The van der Waals surface area contributed by atoms with Crippen LogP contribution in [0.15, 0.2) is 24.3 Å². The molecule has 0 radical (unpaired) electrons. The molecule has 0 aliphatic heterocycles. The standard InChI is InChI=1S/C47H80O7/c1-3-5-7-9-11-13-15-17-19-21-23-25-27-29-31-33-46(50)53-43-37-35-42(36-38-45(49)52-40-39-48)41-44(43)54-47(51)34-32-30-28-26-24-22-20-18-16-14-12-10-8-6-4-2/h35-38,41,48H,3-34,39-40H2,1-2H3. The summed E-state index contributed by atoms with van der Waals surface area (Å²) in [6.07, 6.45) is 41.2. The minimum atomic E-state index is -0.588. The maximum Gasteiger partial charge on any atom is 0.330 e. The molecule has 0 aliphatic rings. The summed E-state index contributed by atoms with van der Waals surface area (Å²) >= 11 is 0. The lowest BCUT2D eigenvalue weighted by molar-refractivity contribution is -0.138. The number of hydrogen-bond donors (Lipinski definition) is 1. The van der Waals surface area contributed by atoms with Gasteiger partial charge in [-0.3, -0.25) is 9.59 Å². The number of rotatable bonds is 38. The van der Waals surface area contributed by atoms with Gasteiger partial charge in [-0.15, -0.1) is 0 Å². The van der Waals surface area contributed by atoms with E-state index < -0.39 is 5.97 Å². The van der Waals surface area contributed by atoms with Crippen molar-refractivity contribution >= 4 is 24.0 Å². The van der Waals surface area contributed by atoms with Gasteiger partial charge in [0.15, 0.2) is 11.5 Å². The second-order valence-corrected chi connectivity index (χ2v) is 15.3. The van der Waals surface area contributed by atoms with Crippen LogP contribution in [-0.2, 0) is 19.1 Å². The largest absolute Gasteiger partial charge is 0.460 e. The van der Waals surface area contributed by atoms with Gasteiger partial charge in [0, 0.05) is 18.9 Å². The first-order valence-corrected chi connectivity index (χ1v) is 22.5. The van der Waals surface area contributed by atoms with Crippen molar-refractivity contribution in [2.75, 3.05) is 13.2 Å². The molecule has 7 heteroatoms. The quantitative estimate of drug-likeness (QED) is 0.0310. The predicted octanol–water partition coefficient (Wildman–Crippen LogP) is 13.6. The van der Waals surface area contributed by atoms with Gasteiger partial charge in [0.2, 0.25) is 0 Å². The summed E-state index contributed by atoms with van der Waals surface area (Å²) in [5, 5.41) is 8.88. The van der Waals surface area contributed by atoms with Crippen LogP contribution in [-0.4, -0.2) is 36.2 Å². The van der Waals surface area contributed by atoms with E-state index in [0.717, 1.165) is 38.5 Å². The second kappa shape index (κ2) is 37.3. The fourth-order valence-electron chi connectivity index (χ4n) is 6.78. The van der Waals surface area contributed by atoms with Crippen LogP contribution in [0.5, 0.6) is 11.5 Å². The lowest BCUT2D eigenvalue weighted by Gasteiger charge is -2.12. The van der Waals surface area contributed by atoms with Crippen LogP contribution in [0.1, 0.15) is 225 Å². The van der Waals surface area contributed by atoms with Crippen LogP contribution in [0.25, 0.3) is 6.08 Å². The van der Waals surface area contributed by atoms with Crippen LogP contribution in [0.4, 0.5) is 0 Å². The normalized spacial score (nSPS) is 11.3. The van der Waals surface area contributed by atoms with E-state index in [1.165, 1.54) is 166 Å². The van der Waals surface area contributed by atoms with E-state index in [4.69, 9.17) is 19.3 Å². The van der Waals surface area contributed by atoms with Crippen molar-refractivity contribution in [1.82, 2.24) is 0 Å². The molecule has 7 nitrogen and oxygen atoms in total. The minimum Gasteiger partial charge on any atom is -0.460 e. The Kier molecular flexibility index (Phi) is 34.1. The molecule has 0 atom stereocenters. The molecule has 1 aromatic rings. The number of esters is 3. The highest BCUT2D eigenvalue weighted by Crippen LogP contribution is 2.30. The zero-order valence-corrected chi connectivity index (χ0v) is 34.8. The van der Waals surface area contributed by atoms with E-state index in [1.54, 1.807) is 18.2 Å². The van der Waals surface area contributed by atoms with Crippen LogP contribution < -0.4 is 9.47 Å². The first kappa shape index (κ1) is 49.3. The first-order valence-electron chi connectivity index (χ1n) is 22.5. The molecule has 0 aromatic heterocycles. The van der Waals surface area contributed by atoms with Crippen molar-refractivity contribution in [2.45, 2.75) is 219 Å². The number of aliphatic hydroxyl groups excluding tert-OH is 1. The van der Waals surface area contributed by atoms with Crippen molar-refractivity contribution in [3.05, 3.63) is 29.8 Å². The van der Waals surface area contributed by atoms with Crippen molar-refractivity contribution in [3.8, 4) is 11.5 Å². The summed E-state index contributed by atoms with van der Waals surface area (Å²) < 4.78 is 16.3. The summed E-state index contributed by atoms with van der Waals surface area (Å²) in [4.78, 5) is 37.5. The molecular formula is C47H80O7. The molecule has 0 saturated carbocycles. The predicted molar refractivity (Wildman–Crippen MR) is 224 cm³/mol. The third kappa shape index (κ3) is 30.6. The topological polar surface area (TPSA) is 99.1 Å². The average molecular weight is 757 g/mol. The Bertz CT molecular complexity index is 1080. The molecule has 0 spiro atoms. The number of carbonyl (C=O) groups is 3. The summed E-state index contributed by atoms with van der Waals surface area (Å²) in [5.74, 6) is -0.939. The molecule has 0 saturated heterocycles. The van der Waals surface area contributed by atoms with Crippen molar-refractivity contribution in [3.63, 3.8) is 0 Å². The number of benzene rings is 1. The van der Waals surface area contributed by atoms with Crippen LogP contribution in [0, 0.1) is 0 Å². The molecule has 0 aliphatic carbocycles. The van der Waals surface area contributed by atoms with Crippen molar-refractivity contribution in [2.24, 2.45) is 0 Å². The van der Waals surface area contributed by atoms with Gasteiger partial charge in [-0.05, 0) is 36.6 Å². The van der Waals surface area contributed by atoms with Crippen molar-refractivity contribution < 1.29 is 33.7 Å². The molecule has 0 unspecified atom stereocenters. The number of carbonyl (C=O) groups excluding carboxylic acids is 3. The minimum absolute atomic E-state index is 0.0837. The second-order valence-electron chi connectivity index (χ2n) is 15.3. The van der Waals surface area contributed by atoms with Gasteiger partial charge in [-0.2, -0.15) is 0 Å². The Labute approximate surface area is 330 Å². The van der Waals surface area contributed by atoms with Crippen LogP contribution in [0.2, 0.25) is 0 Å². The van der Waals surface area contributed by atoms with Gasteiger partial charge in [-0.25, -0.2) is 4.79 Å². The fourth-order valence-corrected chi connectivity index (χ4v) is 6.78.